The number of rotatable bonds is 5. The number of nitrogens with zero attached hydrogens (tertiary/aromatic N) is 1. The molecule has 2 rings (SSSR count). The molecular weight excluding hydrogens is 285 g/mol. The Bertz CT molecular complexity index is 726. The van der Waals surface area contributed by atoms with E-state index in [2.05, 4.69) is 5.32 Å². The highest BCUT2D eigenvalue weighted by Gasteiger charge is 2.07. The van der Waals surface area contributed by atoms with Crippen molar-refractivity contribution in [2.45, 2.75) is 6.42 Å². The van der Waals surface area contributed by atoms with Gasteiger partial charge in [0.2, 0.25) is 5.91 Å². The average molecular weight is 299 g/mol. The minimum Gasteiger partial charge on any atom is -0.492 e. The van der Waals surface area contributed by atoms with Gasteiger partial charge in [-0.2, -0.15) is 5.26 Å². The van der Waals surface area contributed by atoms with Gasteiger partial charge in [0.25, 0.3) is 0 Å². The van der Waals surface area contributed by atoms with E-state index in [1.807, 2.05) is 6.07 Å². The van der Waals surface area contributed by atoms with Gasteiger partial charge in [-0.1, -0.05) is 12.1 Å². The highest BCUT2D eigenvalue weighted by molar-refractivity contribution is 5.93. The Hall–Kier alpha value is -3.07. The third kappa shape index (κ3) is 3.96. The molecule has 0 aliphatic rings. The van der Waals surface area contributed by atoms with Crippen molar-refractivity contribution in [3.05, 3.63) is 53.8 Å². The molecule has 1 amide bonds. The number of nitrogens with one attached hydrogen (secondary N) is 1. The van der Waals surface area contributed by atoms with Crippen LogP contribution >= 0.6 is 0 Å². The van der Waals surface area contributed by atoms with Crippen LogP contribution in [-0.4, -0.2) is 12.5 Å². The minimum atomic E-state index is -0.466. The topological polar surface area (TPSA) is 88.1 Å². The Morgan fingerprint density at radius 1 is 1.32 bits per heavy atom. The second-order valence-corrected chi connectivity index (χ2v) is 4.49. The van der Waals surface area contributed by atoms with Crippen LogP contribution in [0, 0.1) is 17.1 Å². The molecule has 3 N–H and O–H groups in total. The fourth-order valence-corrected chi connectivity index (χ4v) is 1.80. The molecular formula is C16H14FN3O2. The van der Waals surface area contributed by atoms with E-state index >= 15 is 0 Å². The summed E-state index contributed by atoms with van der Waals surface area (Å²) in [5.41, 5.74) is 6.52. The maximum atomic E-state index is 12.9. The number of nitrogen functional groups attached to an aromatic ring is 1. The van der Waals surface area contributed by atoms with Gasteiger partial charge in [-0.15, -0.1) is 0 Å². The Morgan fingerprint density at radius 3 is 2.82 bits per heavy atom. The molecule has 0 aliphatic heterocycles. The largest absolute Gasteiger partial charge is 0.492 e. The van der Waals surface area contributed by atoms with Crippen molar-refractivity contribution in [2.24, 2.45) is 0 Å². The number of nitriles is 1. The maximum Gasteiger partial charge on any atom is 0.227 e. The van der Waals surface area contributed by atoms with Crippen molar-refractivity contribution in [3.63, 3.8) is 0 Å². The summed E-state index contributed by atoms with van der Waals surface area (Å²) in [7, 11) is 0. The van der Waals surface area contributed by atoms with Crippen molar-refractivity contribution >= 4 is 17.3 Å². The molecule has 0 saturated carbocycles. The van der Waals surface area contributed by atoms with Gasteiger partial charge in [0, 0.05) is 0 Å². The normalized spacial score (nSPS) is 9.82. The molecule has 0 aliphatic carbocycles. The first-order valence-electron chi connectivity index (χ1n) is 6.57. The lowest BCUT2D eigenvalue weighted by atomic mass is 10.2. The first-order chi connectivity index (χ1) is 10.6. The van der Waals surface area contributed by atoms with Crippen molar-refractivity contribution in [3.8, 4) is 11.8 Å². The number of hydrogen-bond acceptors (Lipinski definition) is 4. The number of para-hydroxylation sites is 1. The quantitative estimate of drug-likeness (QED) is 0.831. The molecule has 0 heterocycles. The number of nitrogens with two attached hydrogens (primary N) is 1. The second kappa shape index (κ2) is 7.09. The maximum absolute atomic E-state index is 12.9. The van der Waals surface area contributed by atoms with E-state index in [9.17, 15) is 9.18 Å². The molecule has 0 atom stereocenters. The van der Waals surface area contributed by atoms with E-state index in [1.54, 1.807) is 24.3 Å². The summed E-state index contributed by atoms with van der Waals surface area (Å²) in [4.78, 5) is 11.8. The summed E-state index contributed by atoms with van der Waals surface area (Å²) in [6.07, 6.45) is 0.0799. The smallest absolute Gasteiger partial charge is 0.227 e. The highest BCUT2D eigenvalue weighted by atomic mass is 19.1. The Morgan fingerprint density at radius 2 is 2.09 bits per heavy atom. The van der Waals surface area contributed by atoms with E-state index in [0.717, 1.165) is 6.07 Å². The summed E-state index contributed by atoms with van der Waals surface area (Å²) in [5, 5.41) is 11.5. The summed E-state index contributed by atoms with van der Waals surface area (Å²) < 4.78 is 18.3. The van der Waals surface area contributed by atoms with Crippen LogP contribution in [0.2, 0.25) is 0 Å². The van der Waals surface area contributed by atoms with Gasteiger partial charge in [-0.3, -0.25) is 4.79 Å². The predicted octanol–water partition coefficient (Wildman–Crippen LogP) is 2.69. The van der Waals surface area contributed by atoms with Crippen LogP contribution in [0.5, 0.6) is 5.75 Å². The number of halogens is 1. The number of ether oxygens (including phenoxy) is 1. The molecule has 2 aromatic rings. The van der Waals surface area contributed by atoms with Crippen molar-refractivity contribution < 1.29 is 13.9 Å². The lowest BCUT2D eigenvalue weighted by Gasteiger charge is -2.09. The van der Waals surface area contributed by atoms with E-state index < -0.39 is 5.82 Å². The molecule has 0 fully saturated rings. The Labute approximate surface area is 127 Å². The fourth-order valence-electron chi connectivity index (χ4n) is 1.80. The lowest BCUT2D eigenvalue weighted by Crippen LogP contribution is -2.16. The molecule has 0 spiro atoms. The third-order valence-corrected chi connectivity index (χ3v) is 2.88. The minimum absolute atomic E-state index is 0.0799. The summed E-state index contributed by atoms with van der Waals surface area (Å²) in [6.45, 7) is 0.117. The van der Waals surface area contributed by atoms with Gasteiger partial charge < -0.3 is 15.8 Å². The Kier molecular flexibility index (Phi) is 4.94. The lowest BCUT2D eigenvalue weighted by molar-refractivity contribution is -0.116. The summed E-state index contributed by atoms with van der Waals surface area (Å²) in [5.74, 6) is -0.348. The summed E-state index contributed by atoms with van der Waals surface area (Å²) >= 11 is 0. The van der Waals surface area contributed by atoms with Gasteiger partial charge in [-0.05, 0) is 30.3 Å². The zero-order valence-corrected chi connectivity index (χ0v) is 11.7. The number of benzene rings is 2. The average Bonchev–Trinajstić information content (AvgIpc) is 2.50. The zero-order valence-electron chi connectivity index (χ0n) is 11.7. The van der Waals surface area contributed by atoms with Crippen LogP contribution in [0.15, 0.2) is 42.5 Å². The van der Waals surface area contributed by atoms with Crippen LogP contribution in [-0.2, 0) is 4.79 Å². The molecule has 0 aromatic heterocycles. The predicted molar refractivity (Wildman–Crippen MR) is 80.7 cm³/mol. The van der Waals surface area contributed by atoms with E-state index in [-0.39, 0.29) is 24.6 Å². The van der Waals surface area contributed by atoms with Crippen molar-refractivity contribution in [2.75, 3.05) is 17.7 Å². The monoisotopic (exact) mass is 299 g/mol. The van der Waals surface area contributed by atoms with Crippen molar-refractivity contribution in [1.29, 1.82) is 5.26 Å². The molecule has 0 bridgehead atoms. The second-order valence-electron chi connectivity index (χ2n) is 4.49. The molecule has 5 nitrogen and oxygen atoms in total. The number of amides is 1. The number of carbonyl (C=O) groups is 1. The van der Waals surface area contributed by atoms with Gasteiger partial charge in [-0.25, -0.2) is 4.39 Å². The van der Waals surface area contributed by atoms with Gasteiger partial charge in [0.05, 0.1) is 30.0 Å². The fraction of sp³-hybridized carbons (Fsp3) is 0.125. The highest BCUT2D eigenvalue weighted by Crippen LogP contribution is 2.19. The standard InChI is InChI=1S/C16H14FN3O2/c17-12-5-6-14(13(19)9-12)20-16(21)7-8-22-15-4-2-1-3-11(15)10-18/h1-6,9H,7-8,19H2,(H,20,21). The van der Waals surface area contributed by atoms with Crippen LogP contribution in [0.4, 0.5) is 15.8 Å². The number of anilines is 2. The van der Waals surface area contributed by atoms with Crippen LogP contribution < -0.4 is 15.8 Å². The van der Waals surface area contributed by atoms with E-state index in [0.29, 0.717) is 17.0 Å². The Balaban J connectivity index is 1.87. The van der Waals surface area contributed by atoms with E-state index in [1.165, 1.54) is 12.1 Å². The summed E-state index contributed by atoms with van der Waals surface area (Å²) in [6, 6.07) is 12.5. The number of carbonyl (C=O) groups excluding carboxylic acids is 1. The van der Waals surface area contributed by atoms with Gasteiger partial charge in [0.1, 0.15) is 17.6 Å². The van der Waals surface area contributed by atoms with Gasteiger partial charge >= 0.3 is 0 Å². The van der Waals surface area contributed by atoms with Crippen LogP contribution in [0.3, 0.4) is 0 Å². The molecule has 0 saturated heterocycles. The van der Waals surface area contributed by atoms with Crippen molar-refractivity contribution in [1.82, 2.24) is 0 Å². The van der Waals surface area contributed by atoms with Crippen LogP contribution in [0.1, 0.15) is 12.0 Å². The SMILES string of the molecule is N#Cc1ccccc1OCCC(=O)Nc1ccc(F)cc1N. The zero-order chi connectivity index (χ0) is 15.9. The molecule has 0 radical (unpaired) electrons. The molecule has 6 heteroatoms. The first-order valence-corrected chi connectivity index (χ1v) is 6.57. The molecule has 2 aromatic carbocycles. The molecule has 112 valence electrons. The molecule has 0 unspecified atom stereocenters. The third-order valence-electron chi connectivity index (χ3n) is 2.88. The first kappa shape index (κ1) is 15.3. The van der Waals surface area contributed by atoms with E-state index in [4.69, 9.17) is 15.7 Å². The number of hydrogen-bond donors (Lipinski definition) is 2. The van der Waals surface area contributed by atoms with Gasteiger partial charge in [0.15, 0.2) is 0 Å². The van der Waals surface area contributed by atoms with Crippen LogP contribution in [0.25, 0.3) is 0 Å². The molecule has 22 heavy (non-hydrogen) atoms.